The van der Waals surface area contributed by atoms with Gasteiger partial charge in [0.05, 0.1) is 10.4 Å². The Kier molecular flexibility index (Phi) is 3.61. The van der Waals surface area contributed by atoms with E-state index in [1.54, 1.807) is 12.1 Å². The molecule has 1 aromatic heterocycles. The van der Waals surface area contributed by atoms with Crippen LogP contribution < -0.4 is 5.73 Å². The zero-order valence-corrected chi connectivity index (χ0v) is 12.4. The highest BCUT2D eigenvalue weighted by Crippen LogP contribution is 2.19. The summed E-state index contributed by atoms with van der Waals surface area (Å²) in [6.07, 6.45) is 0.102. The first-order valence-corrected chi connectivity index (χ1v) is 7.07. The second-order valence-corrected chi connectivity index (χ2v) is 5.53. The van der Waals surface area contributed by atoms with E-state index in [-0.39, 0.29) is 12.0 Å². The van der Waals surface area contributed by atoms with Crippen LogP contribution in [-0.4, -0.2) is 22.3 Å². The lowest BCUT2D eigenvalue weighted by atomic mass is 10.1. The Morgan fingerprint density at radius 1 is 1.50 bits per heavy atom. The molecule has 4 nitrogen and oxygen atoms in total. The van der Waals surface area contributed by atoms with Gasteiger partial charge < -0.3 is 5.73 Å². The van der Waals surface area contributed by atoms with Gasteiger partial charge in [-0.3, -0.25) is 5.21 Å². The second kappa shape index (κ2) is 7.07. The van der Waals surface area contributed by atoms with E-state index in [0.29, 0.717) is 14.8 Å². The van der Waals surface area contributed by atoms with Gasteiger partial charge in [0.1, 0.15) is 11.9 Å². The van der Waals surface area contributed by atoms with E-state index in [0.717, 1.165) is 0 Å². The summed E-state index contributed by atoms with van der Waals surface area (Å²) < 4.78 is 44.3. The third-order valence-corrected chi connectivity index (χ3v) is 3.66. The van der Waals surface area contributed by atoms with Crippen LogP contribution in [0.3, 0.4) is 0 Å². The number of nitrogens with two attached hydrogens (primary N) is 1. The Morgan fingerprint density at radius 2 is 2.18 bits per heavy atom. The number of thiophene rings is 1. The number of urea groups is 1. The summed E-state index contributed by atoms with van der Waals surface area (Å²) in [7, 11) is 0. The maximum Gasteiger partial charge on any atom is 0.339 e. The molecule has 2 aromatic rings. The lowest BCUT2D eigenvalue weighted by Gasteiger charge is -2.14. The molecule has 6 heteroatoms. The van der Waals surface area contributed by atoms with Gasteiger partial charge in [-0.05, 0) is 36.7 Å². The molecule has 1 heterocycles. The number of benzene rings is 1. The zero-order valence-electron chi connectivity index (χ0n) is 15.6. The summed E-state index contributed by atoms with van der Waals surface area (Å²) in [5.41, 5.74) is 5.04. The lowest BCUT2D eigenvalue weighted by Crippen LogP contribution is -2.38. The van der Waals surface area contributed by atoms with Crippen molar-refractivity contribution in [3.8, 4) is 11.8 Å². The van der Waals surface area contributed by atoms with Crippen molar-refractivity contribution in [3.63, 3.8) is 0 Å². The molecule has 2 amide bonds. The lowest BCUT2D eigenvalue weighted by molar-refractivity contribution is -0.0536. The van der Waals surface area contributed by atoms with Crippen LogP contribution in [0.15, 0.2) is 36.3 Å². The third-order valence-electron chi connectivity index (χ3n) is 2.66. The molecular weight excluding hydrogens is 303 g/mol. The number of halogens is 1. The molecule has 3 N–H and O–H groups in total. The highest BCUT2D eigenvalue weighted by atomic mass is 32.1. The van der Waals surface area contributed by atoms with Crippen LogP contribution >= 0.6 is 11.3 Å². The van der Waals surface area contributed by atoms with Crippen molar-refractivity contribution >= 4 is 17.4 Å². The Balaban J connectivity index is 2.24. The molecule has 0 aliphatic carbocycles. The van der Waals surface area contributed by atoms with Gasteiger partial charge in [0.25, 0.3) is 0 Å². The molecule has 0 fully saturated rings. The van der Waals surface area contributed by atoms with Crippen molar-refractivity contribution in [2.24, 2.45) is 5.73 Å². The van der Waals surface area contributed by atoms with Crippen LogP contribution in [0.1, 0.15) is 27.7 Å². The molecule has 2 rings (SSSR count). The Hall–Kier alpha value is -2.36. The average molecular weight is 322 g/mol. The summed E-state index contributed by atoms with van der Waals surface area (Å²) >= 11 is 1.25. The van der Waals surface area contributed by atoms with Gasteiger partial charge in [0.15, 0.2) is 0 Å². The van der Waals surface area contributed by atoms with E-state index in [1.807, 2.05) is 0 Å². The van der Waals surface area contributed by atoms with Crippen molar-refractivity contribution in [2.45, 2.75) is 19.4 Å². The molecule has 0 radical (unpaired) electrons. The Labute approximate surface area is 137 Å². The van der Waals surface area contributed by atoms with E-state index in [9.17, 15) is 14.4 Å². The molecule has 0 unspecified atom stereocenters. The SMILES string of the molecule is [2H]c1c([2H])c(Cc2ccc(C#C[C@@H](C)N(O)C(N)=O)s2)c([2H])c([2H])c1F. The molecule has 0 saturated heterocycles. The number of rotatable bonds is 3. The number of hydrogen-bond donors (Lipinski definition) is 2. The summed E-state index contributed by atoms with van der Waals surface area (Å²) in [6, 6.07) is -0.622. The predicted octanol–water partition coefficient (Wildman–Crippen LogP) is 2.99. The average Bonchev–Trinajstić information content (AvgIpc) is 3.06. The third kappa shape index (κ3) is 4.32. The number of primary amides is 1. The highest BCUT2D eigenvalue weighted by molar-refractivity contribution is 7.12. The predicted molar refractivity (Wildman–Crippen MR) is 83.1 cm³/mol. The molecule has 0 aliphatic heterocycles. The fraction of sp³-hybridized carbons (Fsp3) is 0.188. The number of hydroxylamine groups is 2. The normalized spacial score (nSPS) is 14.0. The smallest absolute Gasteiger partial charge is 0.339 e. The van der Waals surface area contributed by atoms with Crippen molar-refractivity contribution in [2.75, 3.05) is 0 Å². The second-order valence-electron chi connectivity index (χ2n) is 4.36. The van der Waals surface area contributed by atoms with Crippen LogP contribution in [0.25, 0.3) is 0 Å². The summed E-state index contributed by atoms with van der Waals surface area (Å²) in [6.45, 7) is 1.50. The van der Waals surface area contributed by atoms with E-state index in [1.165, 1.54) is 18.3 Å². The molecule has 114 valence electrons. The number of hydrogen-bond acceptors (Lipinski definition) is 3. The highest BCUT2D eigenvalue weighted by Gasteiger charge is 2.11. The molecular formula is C16H15FN2O2S. The quantitative estimate of drug-likeness (QED) is 0.518. The minimum absolute atomic E-state index is 0.102. The van der Waals surface area contributed by atoms with E-state index in [4.69, 9.17) is 11.2 Å². The van der Waals surface area contributed by atoms with Gasteiger partial charge in [0.2, 0.25) is 0 Å². The summed E-state index contributed by atoms with van der Waals surface area (Å²) in [5, 5.41) is 9.67. The zero-order chi connectivity index (χ0) is 19.6. The van der Waals surface area contributed by atoms with Crippen LogP contribution in [0.2, 0.25) is 0 Å². The Bertz CT molecular complexity index is 894. The largest absolute Gasteiger partial charge is 0.350 e. The molecule has 22 heavy (non-hydrogen) atoms. The van der Waals surface area contributed by atoms with E-state index in [2.05, 4.69) is 11.8 Å². The van der Waals surface area contributed by atoms with Crippen molar-refractivity contribution in [3.05, 3.63) is 57.4 Å². The minimum Gasteiger partial charge on any atom is -0.350 e. The van der Waals surface area contributed by atoms with Gasteiger partial charge in [-0.15, -0.1) is 11.3 Å². The van der Waals surface area contributed by atoms with E-state index >= 15 is 0 Å². The molecule has 0 saturated carbocycles. The molecule has 0 bridgehead atoms. The molecule has 1 aromatic carbocycles. The van der Waals surface area contributed by atoms with Gasteiger partial charge in [-0.1, -0.05) is 23.9 Å². The number of nitrogens with zero attached hydrogens (tertiary/aromatic N) is 1. The number of carbonyl (C=O) groups is 1. The Morgan fingerprint density at radius 3 is 2.82 bits per heavy atom. The molecule has 0 spiro atoms. The van der Waals surface area contributed by atoms with Crippen LogP contribution in [0.4, 0.5) is 9.18 Å². The van der Waals surface area contributed by atoms with E-state index < -0.39 is 42.1 Å². The fourth-order valence-electron chi connectivity index (χ4n) is 1.55. The maximum atomic E-state index is 13.6. The van der Waals surface area contributed by atoms with Gasteiger partial charge in [0, 0.05) is 11.3 Å². The van der Waals surface area contributed by atoms with Gasteiger partial charge in [-0.2, -0.15) is 5.06 Å². The number of amides is 2. The molecule has 1 atom stereocenters. The van der Waals surface area contributed by atoms with Crippen molar-refractivity contribution in [1.29, 1.82) is 0 Å². The summed E-state index contributed by atoms with van der Waals surface area (Å²) in [5.74, 6) is 4.27. The molecule has 0 aliphatic rings. The topological polar surface area (TPSA) is 66.6 Å². The number of carbonyl (C=O) groups excluding carboxylic acids is 1. The first kappa shape index (κ1) is 11.2. The minimum atomic E-state index is -1.17. The van der Waals surface area contributed by atoms with Crippen LogP contribution in [-0.2, 0) is 6.42 Å². The van der Waals surface area contributed by atoms with Crippen molar-refractivity contribution < 1.29 is 19.9 Å². The maximum absolute atomic E-state index is 13.6. The van der Waals surface area contributed by atoms with Crippen molar-refractivity contribution in [1.82, 2.24) is 5.06 Å². The first-order valence-electron chi connectivity index (χ1n) is 8.26. The summed E-state index contributed by atoms with van der Waals surface area (Å²) in [4.78, 5) is 12.2. The first-order chi connectivity index (χ1) is 12.1. The van der Waals surface area contributed by atoms with Gasteiger partial charge in [-0.25, -0.2) is 9.18 Å². The fourth-order valence-corrected chi connectivity index (χ4v) is 2.43. The monoisotopic (exact) mass is 322 g/mol. The standard InChI is InChI=1S/C16H15FN2O2S/c1-11(19(21)16(18)20)2-7-14-8-9-15(22-14)10-12-3-5-13(17)6-4-12/h3-6,8-9,11,21H,10H2,1H3,(H2,18,20)/t11-/m1/s1/i3D,4D,5D,6D. The van der Waals surface area contributed by atoms with Crippen LogP contribution in [0.5, 0.6) is 0 Å². The van der Waals surface area contributed by atoms with Gasteiger partial charge >= 0.3 is 6.03 Å². The van der Waals surface area contributed by atoms with Crippen LogP contribution in [0, 0.1) is 17.7 Å².